The van der Waals surface area contributed by atoms with E-state index in [2.05, 4.69) is 87.3 Å². The van der Waals surface area contributed by atoms with Crippen LogP contribution in [0.5, 0.6) is 46.0 Å². The van der Waals surface area contributed by atoms with Crippen molar-refractivity contribution in [3.05, 3.63) is 180 Å². The third kappa shape index (κ3) is 22.1. The lowest BCUT2D eigenvalue weighted by Gasteiger charge is -2.32. The van der Waals surface area contributed by atoms with E-state index in [1.54, 1.807) is 13.8 Å². The number of fused-ring (bicyclic) bond motifs is 15. The van der Waals surface area contributed by atoms with Crippen LogP contribution in [0.1, 0.15) is 130 Å². The zero-order valence-corrected chi connectivity index (χ0v) is 62.6. The van der Waals surface area contributed by atoms with Crippen LogP contribution in [0.25, 0.3) is 11.1 Å². The van der Waals surface area contributed by atoms with Crippen molar-refractivity contribution < 1.29 is 96.1 Å². The molecule has 0 unspecified atom stereocenters. The predicted molar refractivity (Wildman–Crippen MR) is 407 cm³/mol. The number of imide groups is 1. The number of halogens is 2. The van der Waals surface area contributed by atoms with E-state index in [-0.39, 0.29) is 147 Å². The molecule has 5 aliphatic rings. The van der Waals surface area contributed by atoms with E-state index in [9.17, 15) is 34.2 Å². The minimum atomic E-state index is -2.20. The largest absolute Gasteiger partial charge is 0.490 e. The van der Waals surface area contributed by atoms with Gasteiger partial charge in [0.15, 0.2) is 17.5 Å². The van der Waals surface area contributed by atoms with Crippen molar-refractivity contribution in [2.75, 3.05) is 46.7 Å². The number of aliphatic imine (C=N–C) groups is 1. The number of benzene rings is 5. The molecule has 10 rings (SSSR count). The standard InChI is InChI=1S/C79H89Cl2N9O20/c1-10-16-17-18-19-20-27-82-79(102)85-61(91)41-54-73(96)86-65-47-37-59(109-56-25-22-45(35-51(56)80)69(93)67(76(99)84-54)89-72(95)53(33-43(7)8)83-42-62(92)107-31-14-5)71(103-9)60(38-47)110-57-26-23-46(36-52(57)81)70(94)68-77(100)88-66(78(101)108-32-15-6)50-39-48(104-28-11-2)40-58(106-30-13-4)63(50)49-34-44(21-24-55(49)105-29-12-3)64(74(97)90-68)87-75(65)98/h11-15,21-26,34-40,42-43,53-54,64-70,93-94H,2-6,10,16-20,27-33,41H2,1,7-9H3,(H,84,99)(H,86,96)(H,87,98)(H,88,100)(H,89,95)(H,90,97)(H2,82,85,91,102)/t53-,54+,64-,65-,66+,67-,68+,69-,70-/m1/s1. The summed E-state index contributed by atoms with van der Waals surface area (Å²) in [5.74, 6) is -12.2. The summed E-state index contributed by atoms with van der Waals surface area (Å²) in [6.07, 6.45) is 7.54. The Kier molecular flexibility index (Phi) is 31.0. The van der Waals surface area contributed by atoms with Gasteiger partial charge in [-0.05, 0) is 95.6 Å². The summed E-state index contributed by atoms with van der Waals surface area (Å²) >= 11 is 14.1. The van der Waals surface area contributed by atoms with Crippen molar-refractivity contribution in [3.8, 4) is 57.1 Å². The molecule has 0 saturated carbocycles. The fraction of sp³-hybridized carbons (Fsp3) is 0.354. The summed E-state index contributed by atoms with van der Waals surface area (Å²) in [6.45, 7) is 23.3. The molecule has 0 aromatic heterocycles. The van der Waals surface area contributed by atoms with Gasteiger partial charge in [-0.2, -0.15) is 0 Å². The summed E-state index contributed by atoms with van der Waals surface area (Å²) in [5.41, 5.74) is -0.698. The van der Waals surface area contributed by atoms with Crippen LogP contribution in [0.3, 0.4) is 0 Å². The predicted octanol–water partition coefficient (Wildman–Crippen LogP) is 9.20. The molecule has 5 heterocycles. The number of hydrogen-bond acceptors (Lipinski definition) is 21. The summed E-state index contributed by atoms with van der Waals surface area (Å²) < 4.78 is 48.4. The monoisotopic (exact) mass is 1550 g/mol. The number of rotatable bonds is 30. The molecule has 0 fully saturated rings. The van der Waals surface area contributed by atoms with Gasteiger partial charge in [-0.25, -0.2) is 14.4 Å². The molecular formula is C79H89Cl2N9O20. The van der Waals surface area contributed by atoms with Gasteiger partial charge in [-0.15, -0.1) is 0 Å². The number of aliphatic hydroxyl groups excluding tert-OH is 2. The number of urea groups is 1. The number of carbonyl (C=O) groups is 10. The first-order valence-corrected chi connectivity index (χ1v) is 36.2. The number of amides is 9. The summed E-state index contributed by atoms with van der Waals surface area (Å²) in [6, 6.07) is 2.04. The highest BCUT2D eigenvalue weighted by molar-refractivity contribution is 6.32. The van der Waals surface area contributed by atoms with Crippen molar-refractivity contribution in [2.24, 2.45) is 10.9 Å². The maximum Gasteiger partial charge on any atom is 0.349 e. The number of hydrogen-bond donors (Lipinski definition) is 10. The van der Waals surface area contributed by atoms with E-state index in [0.717, 1.165) is 38.3 Å². The second-order valence-electron chi connectivity index (χ2n) is 25.9. The van der Waals surface area contributed by atoms with Crippen molar-refractivity contribution in [3.63, 3.8) is 0 Å². The number of methoxy groups -OCH3 is 1. The van der Waals surface area contributed by atoms with Crippen LogP contribution >= 0.6 is 23.2 Å². The zero-order valence-electron chi connectivity index (χ0n) is 61.1. The molecule has 0 radical (unpaired) electrons. The minimum Gasteiger partial charge on any atom is -0.490 e. The van der Waals surface area contributed by atoms with Crippen LogP contribution in [-0.4, -0.2) is 147 Å². The van der Waals surface area contributed by atoms with E-state index < -0.39 is 120 Å². The Bertz CT molecular complexity index is 4340. The number of esters is 2. The molecule has 110 heavy (non-hydrogen) atoms. The third-order valence-corrected chi connectivity index (χ3v) is 17.9. The smallest absolute Gasteiger partial charge is 0.349 e. The SMILES string of the molecule is C=CCOC(=O)C=N[C@H](CC(C)C)C(=O)N[C@H]1C(=O)N[C@@H](CC(=O)NC(=O)NCCCCCCCC)C(=O)N[C@H]2C(=O)N[C@H]3C(=O)N[C@H](C(=O)N[C@H](C(=O)OCC=C)c4cc(OCC=C)cc(OCC=C)c4-c4cc3ccc4OCC=C)[C@H](O)c3ccc(c(Cl)c3)Oc3cc2cc(c3OC)Oc2ccc(cc2Cl)[C@H]1O. The summed E-state index contributed by atoms with van der Waals surface area (Å²) in [4.78, 5) is 153. The van der Waals surface area contributed by atoms with Gasteiger partial charge in [0, 0.05) is 29.3 Å². The second-order valence-corrected chi connectivity index (χ2v) is 26.7. The molecule has 11 bridgehead atoms. The number of carbonyl (C=O) groups excluding carboxylic acids is 10. The summed E-state index contributed by atoms with van der Waals surface area (Å²) in [7, 11) is 1.23. The van der Waals surface area contributed by atoms with E-state index in [0.29, 0.717) is 6.42 Å². The molecule has 10 N–H and O–H groups in total. The van der Waals surface area contributed by atoms with Gasteiger partial charge in [0.2, 0.25) is 47.1 Å². The maximum atomic E-state index is 16.3. The Morgan fingerprint density at radius 2 is 1.19 bits per heavy atom. The van der Waals surface area contributed by atoms with Crippen LogP contribution < -0.4 is 71.0 Å². The van der Waals surface area contributed by atoms with Gasteiger partial charge in [-0.3, -0.25) is 43.9 Å². The molecule has 0 saturated heterocycles. The average molecular weight is 1560 g/mol. The number of aliphatic hydroxyl groups is 2. The normalized spacial score (nSPS) is 19.1. The van der Waals surface area contributed by atoms with Crippen molar-refractivity contribution >= 4 is 88.7 Å². The Morgan fingerprint density at radius 1 is 0.609 bits per heavy atom. The van der Waals surface area contributed by atoms with Gasteiger partial charge < -0.3 is 85.3 Å². The highest BCUT2D eigenvalue weighted by atomic mass is 35.5. The van der Waals surface area contributed by atoms with E-state index >= 15 is 24.0 Å². The number of ether oxygens (including phenoxy) is 8. The number of nitrogens with zero attached hydrogens (tertiary/aromatic N) is 1. The topological polar surface area (TPSA) is 394 Å². The van der Waals surface area contributed by atoms with Gasteiger partial charge in [-0.1, -0.05) is 158 Å². The fourth-order valence-electron chi connectivity index (χ4n) is 12.0. The highest BCUT2D eigenvalue weighted by Gasteiger charge is 2.43. The van der Waals surface area contributed by atoms with Gasteiger partial charge in [0.25, 0.3) is 0 Å². The van der Waals surface area contributed by atoms with Crippen LogP contribution in [0.15, 0.2) is 147 Å². The Labute approximate surface area is 645 Å². The summed E-state index contributed by atoms with van der Waals surface area (Å²) in [5, 5.41) is 44.9. The molecule has 0 aliphatic carbocycles. The molecular weight excluding hydrogens is 1470 g/mol. The average Bonchev–Trinajstić information content (AvgIpc) is 0.748. The van der Waals surface area contributed by atoms with Crippen molar-refractivity contribution in [1.29, 1.82) is 0 Å². The fourth-order valence-corrected chi connectivity index (χ4v) is 12.4. The molecule has 31 heteroatoms. The van der Waals surface area contributed by atoms with Crippen LogP contribution in [0.4, 0.5) is 4.79 Å². The number of nitrogens with one attached hydrogen (secondary N) is 8. The van der Waals surface area contributed by atoms with Crippen LogP contribution in [0, 0.1) is 5.92 Å². The first kappa shape index (κ1) is 84.1. The Hall–Kier alpha value is -11.5. The minimum absolute atomic E-state index is 0.0113. The lowest BCUT2D eigenvalue weighted by molar-refractivity contribution is -0.147. The van der Waals surface area contributed by atoms with Crippen molar-refractivity contribution in [1.82, 2.24) is 42.5 Å². The molecule has 9 atom stereocenters. The van der Waals surface area contributed by atoms with Gasteiger partial charge >= 0.3 is 18.0 Å². The molecule has 5 aromatic rings. The number of unbranched alkanes of at least 4 members (excludes halogenated alkanes) is 5. The molecule has 0 spiro atoms. The quantitative estimate of drug-likeness (QED) is 0.00885. The van der Waals surface area contributed by atoms with Gasteiger partial charge in [0.05, 0.1) is 23.6 Å². The Morgan fingerprint density at radius 3 is 1.82 bits per heavy atom. The molecule has 5 aromatic carbocycles. The Balaban J connectivity index is 1.39. The molecule has 584 valence electrons. The van der Waals surface area contributed by atoms with E-state index in [1.807, 2.05) is 0 Å². The van der Waals surface area contributed by atoms with Gasteiger partial charge in [0.1, 0.15) is 116 Å². The van der Waals surface area contributed by atoms with Crippen LogP contribution in [0.2, 0.25) is 10.0 Å². The zero-order chi connectivity index (χ0) is 79.7. The highest BCUT2D eigenvalue weighted by Crippen LogP contribution is 2.49. The van der Waals surface area contributed by atoms with E-state index in [1.165, 1.54) is 116 Å². The van der Waals surface area contributed by atoms with E-state index in [4.69, 9.17) is 61.1 Å². The maximum absolute atomic E-state index is 16.3. The second kappa shape index (κ2) is 40.6. The van der Waals surface area contributed by atoms with Crippen LogP contribution in [-0.2, 0) is 52.6 Å². The first-order valence-electron chi connectivity index (χ1n) is 35.4. The third-order valence-electron chi connectivity index (χ3n) is 17.3. The van der Waals surface area contributed by atoms with Crippen molar-refractivity contribution in [2.45, 2.75) is 127 Å². The molecule has 5 aliphatic heterocycles. The lowest BCUT2D eigenvalue weighted by atomic mass is 9.89. The molecule has 9 amide bonds. The lowest BCUT2D eigenvalue weighted by Crippen LogP contribution is -2.58. The first-order chi connectivity index (χ1) is 52.8. The molecule has 29 nitrogen and oxygen atoms in total.